The van der Waals surface area contributed by atoms with Gasteiger partial charge >= 0.3 is 0 Å². The predicted octanol–water partition coefficient (Wildman–Crippen LogP) is 3.75. The molecule has 4 nitrogen and oxygen atoms in total. The highest BCUT2D eigenvalue weighted by molar-refractivity contribution is 7.14. The zero-order valence-corrected chi connectivity index (χ0v) is 12.7. The van der Waals surface area contributed by atoms with Crippen LogP contribution < -0.4 is 5.32 Å². The summed E-state index contributed by atoms with van der Waals surface area (Å²) in [7, 11) is 0. The molecule has 0 atom stereocenters. The minimum atomic E-state index is -0.106. The summed E-state index contributed by atoms with van der Waals surface area (Å²) in [5.41, 5.74) is 2.49. The average molecular weight is 321 g/mol. The van der Waals surface area contributed by atoms with Crippen LogP contribution in [0.3, 0.4) is 0 Å². The molecule has 2 aromatic rings. The van der Waals surface area contributed by atoms with E-state index < -0.39 is 0 Å². The van der Waals surface area contributed by atoms with Gasteiger partial charge in [0.2, 0.25) is 0 Å². The molecule has 1 N–H and O–H groups in total. The van der Waals surface area contributed by atoms with Crippen LogP contribution in [0.4, 0.5) is 5.13 Å². The van der Waals surface area contributed by atoms with Gasteiger partial charge in [0.15, 0.2) is 5.13 Å². The third kappa shape index (κ3) is 3.50. The summed E-state index contributed by atoms with van der Waals surface area (Å²) < 4.78 is 5.19. The molecule has 1 aliphatic rings. The Bertz CT molecular complexity index is 696. The van der Waals surface area contributed by atoms with Crippen molar-refractivity contribution in [3.05, 3.63) is 46.3 Å². The van der Waals surface area contributed by atoms with Crippen LogP contribution in [0, 0.1) is 0 Å². The number of halogens is 1. The molecule has 2 heterocycles. The fourth-order valence-electron chi connectivity index (χ4n) is 2.02. The smallest absolute Gasteiger partial charge is 0.253 e. The molecule has 6 heteroatoms. The minimum Gasteiger partial charge on any atom is -0.377 e. The molecule has 0 spiro atoms. The summed E-state index contributed by atoms with van der Waals surface area (Å²) in [6.07, 6.45) is 2.45. The lowest BCUT2D eigenvalue weighted by Gasteiger charge is -2.12. The number of rotatable bonds is 3. The van der Waals surface area contributed by atoms with E-state index in [9.17, 15) is 4.79 Å². The number of nitrogens with zero attached hydrogens (tertiary/aromatic N) is 1. The van der Waals surface area contributed by atoms with Gasteiger partial charge in [0.05, 0.1) is 18.9 Å². The summed E-state index contributed by atoms with van der Waals surface area (Å²) >= 11 is 7.37. The van der Waals surface area contributed by atoms with Crippen molar-refractivity contribution in [1.82, 2.24) is 4.98 Å². The monoisotopic (exact) mass is 320 g/mol. The second-order valence-electron chi connectivity index (χ2n) is 4.56. The number of benzene rings is 1. The molecule has 0 aliphatic carbocycles. The Morgan fingerprint density at radius 1 is 1.43 bits per heavy atom. The van der Waals surface area contributed by atoms with E-state index in [4.69, 9.17) is 16.3 Å². The van der Waals surface area contributed by atoms with Crippen LogP contribution in [-0.4, -0.2) is 24.1 Å². The van der Waals surface area contributed by atoms with Crippen molar-refractivity contribution in [3.8, 4) is 11.3 Å². The molecule has 108 valence electrons. The molecule has 3 rings (SSSR count). The Morgan fingerprint density at radius 3 is 3.10 bits per heavy atom. The first-order chi connectivity index (χ1) is 10.2. The van der Waals surface area contributed by atoms with E-state index in [0.717, 1.165) is 16.8 Å². The van der Waals surface area contributed by atoms with Crippen molar-refractivity contribution >= 4 is 34.0 Å². The van der Waals surface area contributed by atoms with Gasteiger partial charge in [-0.3, -0.25) is 10.1 Å². The average Bonchev–Trinajstić information content (AvgIpc) is 2.97. The van der Waals surface area contributed by atoms with Gasteiger partial charge in [-0.2, -0.15) is 0 Å². The lowest BCUT2D eigenvalue weighted by Crippen LogP contribution is -2.18. The second-order valence-corrected chi connectivity index (χ2v) is 5.85. The summed E-state index contributed by atoms with van der Waals surface area (Å²) in [6.45, 7) is 1.08. The zero-order chi connectivity index (χ0) is 14.7. The summed E-state index contributed by atoms with van der Waals surface area (Å²) in [5, 5.41) is 5.98. The molecule has 1 aromatic heterocycles. The molecule has 0 unspecified atom stereocenters. The highest BCUT2D eigenvalue weighted by Gasteiger charge is 2.14. The lowest BCUT2D eigenvalue weighted by atomic mass is 10.1. The van der Waals surface area contributed by atoms with Crippen molar-refractivity contribution in [2.75, 3.05) is 18.5 Å². The first kappa shape index (κ1) is 14.3. The van der Waals surface area contributed by atoms with Crippen molar-refractivity contribution in [1.29, 1.82) is 0 Å². The molecule has 1 aromatic carbocycles. The molecule has 0 saturated heterocycles. The van der Waals surface area contributed by atoms with E-state index in [1.165, 1.54) is 11.3 Å². The minimum absolute atomic E-state index is 0.106. The Balaban J connectivity index is 1.73. The van der Waals surface area contributed by atoms with Gasteiger partial charge in [-0.25, -0.2) is 4.98 Å². The Kier molecular flexibility index (Phi) is 4.34. The normalized spacial score (nSPS) is 14.6. The summed E-state index contributed by atoms with van der Waals surface area (Å²) in [6, 6.07) is 7.48. The largest absolute Gasteiger partial charge is 0.377 e. The maximum Gasteiger partial charge on any atom is 0.253 e. The second kappa shape index (κ2) is 6.39. The first-order valence-electron chi connectivity index (χ1n) is 6.52. The van der Waals surface area contributed by atoms with Crippen molar-refractivity contribution in [3.63, 3.8) is 0 Å². The van der Waals surface area contributed by atoms with Gasteiger partial charge in [0.1, 0.15) is 0 Å². The molecule has 21 heavy (non-hydrogen) atoms. The standard InChI is InChI=1S/C15H13ClN2O2S/c16-12-3-1-2-11(8-12)13-9-21-15(17-13)18-14(19)10-4-6-20-7-5-10/h1-4,8-9H,5-7H2,(H,17,18,19). The number of ether oxygens (including phenoxy) is 1. The number of anilines is 1. The van der Waals surface area contributed by atoms with Gasteiger partial charge in [0.25, 0.3) is 5.91 Å². The number of hydrogen-bond donors (Lipinski definition) is 1. The van der Waals surface area contributed by atoms with Crippen LogP contribution in [0.25, 0.3) is 11.3 Å². The quantitative estimate of drug-likeness (QED) is 0.937. The molecule has 1 aliphatic heterocycles. The number of carbonyl (C=O) groups excluding carboxylic acids is 1. The maximum absolute atomic E-state index is 12.1. The number of carbonyl (C=O) groups is 1. The highest BCUT2D eigenvalue weighted by atomic mass is 35.5. The number of hydrogen-bond acceptors (Lipinski definition) is 4. The van der Waals surface area contributed by atoms with E-state index >= 15 is 0 Å². The number of amides is 1. The van der Waals surface area contributed by atoms with E-state index in [0.29, 0.717) is 29.8 Å². The van der Waals surface area contributed by atoms with Gasteiger partial charge < -0.3 is 4.74 Å². The summed E-state index contributed by atoms with van der Waals surface area (Å²) in [5.74, 6) is -0.106. The van der Waals surface area contributed by atoms with Crippen LogP contribution in [0.2, 0.25) is 5.02 Å². The highest BCUT2D eigenvalue weighted by Crippen LogP contribution is 2.27. The first-order valence-corrected chi connectivity index (χ1v) is 7.78. The lowest BCUT2D eigenvalue weighted by molar-refractivity contribution is -0.113. The molecule has 0 radical (unpaired) electrons. The van der Waals surface area contributed by atoms with Crippen molar-refractivity contribution in [2.24, 2.45) is 0 Å². The fraction of sp³-hybridized carbons (Fsp3) is 0.200. The molecular formula is C15H13ClN2O2S. The van der Waals surface area contributed by atoms with Gasteiger partial charge in [-0.15, -0.1) is 11.3 Å². The third-order valence-electron chi connectivity index (χ3n) is 3.10. The van der Waals surface area contributed by atoms with E-state index in [-0.39, 0.29) is 5.91 Å². The topological polar surface area (TPSA) is 51.2 Å². The van der Waals surface area contributed by atoms with E-state index in [1.54, 1.807) is 0 Å². The van der Waals surface area contributed by atoms with Crippen LogP contribution >= 0.6 is 22.9 Å². The molecule has 1 amide bonds. The van der Waals surface area contributed by atoms with E-state index in [2.05, 4.69) is 10.3 Å². The third-order valence-corrected chi connectivity index (χ3v) is 4.09. The number of nitrogens with one attached hydrogen (secondary N) is 1. The maximum atomic E-state index is 12.1. The van der Waals surface area contributed by atoms with E-state index in [1.807, 2.05) is 35.7 Å². The van der Waals surface area contributed by atoms with Gasteiger partial charge in [0, 0.05) is 28.0 Å². The van der Waals surface area contributed by atoms with Crippen LogP contribution in [0.5, 0.6) is 0 Å². The Hall–Kier alpha value is -1.69. The van der Waals surface area contributed by atoms with Gasteiger partial charge in [-0.1, -0.05) is 29.8 Å². The molecule has 0 fully saturated rings. The molecular weight excluding hydrogens is 308 g/mol. The predicted molar refractivity (Wildman–Crippen MR) is 84.7 cm³/mol. The SMILES string of the molecule is O=C(Nc1nc(-c2cccc(Cl)c2)cs1)C1=CCOCC1. The molecule has 0 bridgehead atoms. The zero-order valence-electron chi connectivity index (χ0n) is 11.1. The number of thiazole rings is 1. The van der Waals surface area contributed by atoms with Crippen LogP contribution in [0.15, 0.2) is 41.3 Å². The summed E-state index contributed by atoms with van der Waals surface area (Å²) in [4.78, 5) is 16.5. The van der Waals surface area contributed by atoms with Crippen molar-refractivity contribution < 1.29 is 9.53 Å². The number of aromatic nitrogens is 1. The fourth-order valence-corrected chi connectivity index (χ4v) is 2.93. The Morgan fingerprint density at radius 2 is 2.33 bits per heavy atom. The molecule has 0 saturated carbocycles. The Labute approximate surface area is 131 Å². The van der Waals surface area contributed by atoms with Crippen molar-refractivity contribution in [2.45, 2.75) is 6.42 Å². The van der Waals surface area contributed by atoms with Gasteiger partial charge in [-0.05, 0) is 12.1 Å². The van der Waals surface area contributed by atoms with Crippen LogP contribution in [-0.2, 0) is 9.53 Å². The van der Waals surface area contributed by atoms with Crippen LogP contribution in [0.1, 0.15) is 6.42 Å².